The summed E-state index contributed by atoms with van der Waals surface area (Å²) in [5.41, 5.74) is 1.15. The molecule has 0 spiro atoms. The van der Waals surface area contributed by atoms with Crippen LogP contribution >= 0.6 is 0 Å². The van der Waals surface area contributed by atoms with Crippen molar-refractivity contribution >= 4 is 24.9 Å². The summed E-state index contributed by atoms with van der Waals surface area (Å²) in [6, 6.07) is 7.66. The van der Waals surface area contributed by atoms with Crippen molar-refractivity contribution in [3.8, 4) is 0 Å². The number of hydrogen-bond acceptors (Lipinski definition) is 3. The van der Waals surface area contributed by atoms with Crippen LogP contribution in [0.2, 0.25) is 18.1 Å². The number of aryl methyl sites for hydroxylation is 1. The first kappa shape index (κ1) is 23.0. The fourth-order valence-electron chi connectivity index (χ4n) is 2.08. The number of carbonyl (C=O) groups excluding carboxylic acids is 1. The van der Waals surface area contributed by atoms with E-state index in [1.165, 1.54) is 0 Å². The van der Waals surface area contributed by atoms with Gasteiger partial charge in [0, 0.05) is 23.7 Å². The fraction of sp³-hybridized carbons (Fsp3) is 0.571. The summed E-state index contributed by atoms with van der Waals surface area (Å²) in [5.74, 6) is 0.474. The van der Waals surface area contributed by atoms with Crippen LogP contribution in [0.15, 0.2) is 41.3 Å². The second-order valence-electron chi connectivity index (χ2n) is 8.26. The number of allylic oxidation sites excluding steroid dienone is 1. The summed E-state index contributed by atoms with van der Waals surface area (Å²) >= 11 is 0. The van der Waals surface area contributed by atoms with Gasteiger partial charge in [-0.1, -0.05) is 44.5 Å². The molecule has 0 heterocycles. The normalized spacial score (nSPS) is 13.9. The Hall–Kier alpha value is -1.04. The summed E-state index contributed by atoms with van der Waals surface area (Å²) in [4.78, 5) is 12.7. The summed E-state index contributed by atoms with van der Waals surface area (Å²) < 4.78 is 18.3. The maximum atomic E-state index is 12.1. The molecule has 0 saturated heterocycles. The van der Waals surface area contributed by atoms with Crippen LogP contribution in [0.1, 0.15) is 45.6 Å². The quantitative estimate of drug-likeness (QED) is 0.302. The lowest BCUT2D eigenvalue weighted by molar-refractivity contribution is -0.114. The maximum absolute atomic E-state index is 12.1. The number of benzene rings is 1. The van der Waals surface area contributed by atoms with Crippen molar-refractivity contribution in [1.29, 1.82) is 0 Å². The highest BCUT2D eigenvalue weighted by atomic mass is 32.2. The van der Waals surface area contributed by atoms with Crippen LogP contribution < -0.4 is 0 Å². The van der Waals surface area contributed by atoms with E-state index >= 15 is 0 Å². The number of ketones is 1. The lowest BCUT2D eigenvalue weighted by atomic mass is 10.2. The summed E-state index contributed by atoms with van der Waals surface area (Å²) in [6.45, 7) is 13.9. The molecule has 1 atom stereocenters. The zero-order valence-corrected chi connectivity index (χ0v) is 18.9. The van der Waals surface area contributed by atoms with E-state index in [1.807, 2.05) is 31.2 Å². The third kappa shape index (κ3) is 8.10. The van der Waals surface area contributed by atoms with Gasteiger partial charge in [0.25, 0.3) is 0 Å². The van der Waals surface area contributed by atoms with Gasteiger partial charge in [-0.3, -0.25) is 9.00 Å². The molecule has 0 aliphatic carbocycles. The molecular formula is C21H34O3SSi. The second kappa shape index (κ2) is 10.3. The first-order valence-electron chi connectivity index (χ1n) is 9.31. The molecule has 0 aliphatic rings. The topological polar surface area (TPSA) is 43.4 Å². The van der Waals surface area contributed by atoms with Crippen molar-refractivity contribution in [1.82, 2.24) is 0 Å². The van der Waals surface area contributed by atoms with Gasteiger partial charge in [0.1, 0.15) is 0 Å². The minimum Gasteiger partial charge on any atom is -0.417 e. The number of rotatable bonds is 10. The van der Waals surface area contributed by atoms with Gasteiger partial charge < -0.3 is 4.43 Å². The predicted octanol–water partition coefficient (Wildman–Crippen LogP) is 5.42. The van der Waals surface area contributed by atoms with Gasteiger partial charge in [0.2, 0.25) is 0 Å². The first-order valence-corrected chi connectivity index (χ1v) is 13.5. The van der Waals surface area contributed by atoms with E-state index in [0.717, 1.165) is 29.9 Å². The standard InChI is InChI=1S/C21H34O3SSi/c1-18-12-14-20(15-13-18)25(23)17-9-11-19(22)10-7-8-16-24-26(5,6)21(2,3)4/h9,11-15H,7-8,10,16-17H2,1-6H3/b11-9+. The molecule has 0 N–H and O–H groups in total. The number of carbonyl (C=O) groups is 1. The monoisotopic (exact) mass is 394 g/mol. The highest BCUT2D eigenvalue weighted by molar-refractivity contribution is 7.85. The molecule has 0 saturated carbocycles. The van der Waals surface area contributed by atoms with Gasteiger partial charge in [0.15, 0.2) is 14.1 Å². The van der Waals surface area contributed by atoms with Gasteiger partial charge >= 0.3 is 0 Å². The molecule has 3 nitrogen and oxygen atoms in total. The third-order valence-electron chi connectivity index (χ3n) is 4.92. The molecule has 0 radical (unpaired) electrons. The van der Waals surface area contributed by atoms with Crippen LogP contribution in [0.5, 0.6) is 0 Å². The molecule has 0 bridgehead atoms. The molecule has 0 aromatic heterocycles. The Morgan fingerprint density at radius 1 is 1.15 bits per heavy atom. The van der Waals surface area contributed by atoms with E-state index in [1.54, 1.807) is 12.2 Å². The largest absolute Gasteiger partial charge is 0.417 e. The second-order valence-corrected chi connectivity index (χ2v) is 14.6. The molecule has 1 unspecified atom stereocenters. The van der Waals surface area contributed by atoms with E-state index in [0.29, 0.717) is 12.2 Å². The van der Waals surface area contributed by atoms with Crippen LogP contribution in [0.3, 0.4) is 0 Å². The van der Waals surface area contributed by atoms with Crippen LogP contribution in [-0.4, -0.2) is 30.7 Å². The summed E-state index contributed by atoms with van der Waals surface area (Å²) in [7, 11) is -2.77. The van der Waals surface area contributed by atoms with E-state index in [9.17, 15) is 9.00 Å². The Kier molecular flexibility index (Phi) is 9.14. The average molecular weight is 395 g/mol. The summed E-state index contributed by atoms with van der Waals surface area (Å²) in [5, 5.41) is 0.221. The van der Waals surface area contributed by atoms with Crippen molar-refractivity contribution in [2.24, 2.45) is 0 Å². The van der Waals surface area contributed by atoms with Crippen LogP contribution in [0.25, 0.3) is 0 Å². The SMILES string of the molecule is Cc1ccc(S(=O)C/C=C/C(=O)CCCCO[Si](C)(C)C(C)(C)C)cc1. The molecule has 1 aromatic rings. The predicted molar refractivity (Wildman–Crippen MR) is 114 cm³/mol. The van der Waals surface area contributed by atoms with Crippen molar-refractivity contribution in [2.45, 2.75) is 70.0 Å². The minimum atomic E-state index is -1.68. The van der Waals surface area contributed by atoms with Crippen molar-refractivity contribution in [3.63, 3.8) is 0 Å². The molecule has 26 heavy (non-hydrogen) atoms. The maximum Gasteiger partial charge on any atom is 0.191 e. The van der Waals surface area contributed by atoms with Crippen molar-refractivity contribution in [3.05, 3.63) is 42.0 Å². The lowest BCUT2D eigenvalue weighted by Gasteiger charge is -2.36. The molecule has 5 heteroatoms. The average Bonchev–Trinajstić information content (AvgIpc) is 2.54. The van der Waals surface area contributed by atoms with Crippen molar-refractivity contribution in [2.75, 3.05) is 12.4 Å². The van der Waals surface area contributed by atoms with Gasteiger partial charge in [-0.05, 0) is 56.1 Å². The fourth-order valence-corrected chi connectivity index (χ4v) is 4.07. The number of hydrogen-bond donors (Lipinski definition) is 0. The lowest BCUT2D eigenvalue weighted by Crippen LogP contribution is -2.40. The smallest absolute Gasteiger partial charge is 0.191 e. The zero-order chi connectivity index (χ0) is 19.8. The van der Waals surface area contributed by atoms with Gasteiger partial charge in [-0.15, -0.1) is 0 Å². The summed E-state index contributed by atoms with van der Waals surface area (Å²) in [6.07, 6.45) is 5.56. The van der Waals surface area contributed by atoms with Crippen molar-refractivity contribution < 1.29 is 13.4 Å². The first-order chi connectivity index (χ1) is 12.0. The van der Waals surface area contributed by atoms with Gasteiger partial charge in [0.05, 0.1) is 10.8 Å². The molecule has 1 rings (SSSR count). The van der Waals surface area contributed by atoms with Gasteiger partial charge in [-0.2, -0.15) is 0 Å². The molecule has 0 fully saturated rings. The van der Waals surface area contributed by atoms with E-state index in [2.05, 4.69) is 33.9 Å². The van der Waals surface area contributed by atoms with Gasteiger partial charge in [-0.25, -0.2) is 0 Å². The Labute approximate surface area is 162 Å². The Morgan fingerprint density at radius 3 is 2.35 bits per heavy atom. The van der Waals surface area contributed by atoms with E-state index in [4.69, 9.17) is 4.43 Å². The van der Waals surface area contributed by atoms with E-state index < -0.39 is 19.1 Å². The molecule has 1 aromatic carbocycles. The molecule has 0 aliphatic heterocycles. The zero-order valence-electron chi connectivity index (χ0n) is 17.1. The Balaban J connectivity index is 2.25. The van der Waals surface area contributed by atoms with Crippen LogP contribution in [0, 0.1) is 6.92 Å². The van der Waals surface area contributed by atoms with Crippen LogP contribution in [-0.2, 0) is 20.0 Å². The van der Waals surface area contributed by atoms with Crippen LogP contribution in [0.4, 0.5) is 0 Å². The highest BCUT2D eigenvalue weighted by Gasteiger charge is 2.36. The number of unbranched alkanes of at least 4 members (excludes halogenated alkanes) is 1. The Bertz CT molecular complexity index is 628. The molecule has 146 valence electrons. The molecule has 0 amide bonds. The van der Waals surface area contributed by atoms with E-state index in [-0.39, 0.29) is 10.8 Å². The minimum absolute atomic E-state index is 0.0956. The Morgan fingerprint density at radius 2 is 1.77 bits per heavy atom. The molecular weight excluding hydrogens is 360 g/mol. The highest BCUT2D eigenvalue weighted by Crippen LogP contribution is 2.36. The third-order valence-corrected chi connectivity index (χ3v) is 10.8.